The molecule has 4 nitrogen and oxygen atoms in total. The summed E-state index contributed by atoms with van der Waals surface area (Å²) in [5.74, 6) is -1.36. The molecule has 4 aromatic rings. The first-order valence-corrected chi connectivity index (χ1v) is 8.51. The van der Waals surface area contributed by atoms with E-state index in [0.717, 1.165) is 21.8 Å². The van der Waals surface area contributed by atoms with E-state index in [-0.39, 0.29) is 16.9 Å². The molecule has 1 aromatic heterocycles. The molecular formula is C22H17NO3. The largest absolute Gasteiger partial charge is 0.478 e. The zero-order valence-corrected chi connectivity index (χ0v) is 14.2. The lowest BCUT2D eigenvalue weighted by atomic mass is 9.91. The zero-order chi connectivity index (χ0) is 18.3. The van der Waals surface area contributed by atoms with E-state index in [0.29, 0.717) is 17.5 Å². The molecule has 0 saturated heterocycles. The number of para-hydroxylation sites is 1. The van der Waals surface area contributed by atoms with Crippen LogP contribution >= 0.6 is 0 Å². The summed E-state index contributed by atoms with van der Waals surface area (Å²) >= 11 is 0. The maximum atomic E-state index is 13.1. The molecular weight excluding hydrogens is 326 g/mol. The lowest BCUT2D eigenvalue weighted by Crippen LogP contribution is -2.13. The molecule has 0 aliphatic heterocycles. The van der Waals surface area contributed by atoms with E-state index in [9.17, 15) is 14.7 Å². The number of hydrogen-bond donors (Lipinski definition) is 2. The summed E-state index contributed by atoms with van der Waals surface area (Å²) in [7, 11) is 0. The second kappa shape index (κ2) is 6.15. The zero-order valence-electron chi connectivity index (χ0n) is 14.2. The fourth-order valence-electron chi connectivity index (χ4n) is 3.58. The number of rotatable bonds is 4. The van der Waals surface area contributed by atoms with Gasteiger partial charge >= 0.3 is 5.97 Å². The molecule has 0 spiro atoms. The Balaban J connectivity index is 2.11. The van der Waals surface area contributed by atoms with Gasteiger partial charge in [0, 0.05) is 27.4 Å². The van der Waals surface area contributed by atoms with Crippen LogP contribution in [0.15, 0.2) is 60.7 Å². The number of aromatic carboxylic acids is 1. The van der Waals surface area contributed by atoms with Crippen molar-refractivity contribution >= 4 is 33.6 Å². The van der Waals surface area contributed by atoms with Crippen molar-refractivity contribution in [2.75, 3.05) is 0 Å². The fourth-order valence-corrected chi connectivity index (χ4v) is 3.58. The number of carbonyl (C=O) groups is 2. The number of H-pyrrole nitrogens is 1. The highest BCUT2D eigenvalue weighted by atomic mass is 16.4. The Hall–Kier alpha value is -3.40. The van der Waals surface area contributed by atoms with Crippen LogP contribution in [0.4, 0.5) is 0 Å². The van der Waals surface area contributed by atoms with E-state index in [1.54, 1.807) is 30.3 Å². The third-order valence-electron chi connectivity index (χ3n) is 4.76. The quantitative estimate of drug-likeness (QED) is 0.522. The topological polar surface area (TPSA) is 70.2 Å². The molecule has 0 aliphatic rings. The predicted molar refractivity (Wildman–Crippen MR) is 102 cm³/mol. The van der Waals surface area contributed by atoms with Crippen molar-refractivity contribution in [2.24, 2.45) is 0 Å². The van der Waals surface area contributed by atoms with Crippen LogP contribution in [-0.4, -0.2) is 21.8 Å². The van der Waals surface area contributed by atoms with Crippen molar-refractivity contribution in [3.8, 4) is 0 Å². The van der Waals surface area contributed by atoms with E-state index in [4.69, 9.17) is 0 Å². The Labute approximate surface area is 150 Å². The van der Waals surface area contributed by atoms with Crippen LogP contribution in [0.2, 0.25) is 0 Å². The molecule has 0 saturated carbocycles. The van der Waals surface area contributed by atoms with Gasteiger partial charge in [0.15, 0.2) is 5.78 Å². The second-order valence-electron chi connectivity index (χ2n) is 6.22. The molecule has 0 fully saturated rings. The van der Waals surface area contributed by atoms with Gasteiger partial charge < -0.3 is 10.1 Å². The molecule has 0 unspecified atom stereocenters. The number of hydrogen-bond acceptors (Lipinski definition) is 2. The van der Waals surface area contributed by atoms with Gasteiger partial charge in [0.1, 0.15) is 0 Å². The molecule has 4 rings (SSSR count). The third kappa shape index (κ3) is 2.39. The van der Waals surface area contributed by atoms with E-state index in [1.165, 1.54) is 0 Å². The highest BCUT2D eigenvalue weighted by molar-refractivity contribution is 6.20. The molecule has 0 radical (unpaired) electrons. The Morgan fingerprint density at radius 1 is 0.962 bits per heavy atom. The smallest absolute Gasteiger partial charge is 0.336 e. The van der Waals surface area contributed by atoms with Crippen LogP contribution in [0.1, 0.15) is 38.8 Å². The number of nitrogens with one attached hydrogen (secondary N) is 1. The molecule has 2 N–H and O–H groups in total. The van der Waals surface area contributed by atoms with Crippen molar-refractivity contribution in [2.45, 2.75) is 13.3 Å². The number of aromatic nitrogens is 1. The minimum Gasteiger partial charge on any atom is -0.478 e. The maximum absolute atomic E-state index is 13.1. The van der Waals surface area contributed by atoms with Crippen LogP contribution in [0, 0.1) is 0 Å². The van der Waals surface area contributed by atoms with Crippen LogP contribution in [0.5, 0.6) is 0 Å². The lowest BCUT2D eigenvalue weighted by Gasteiger charge is -2.12. The minimum atomic E-state index is -1.08. The summed E-state index contributed by atoms with van der Waals surface area (Å²) in [6, 6.07) is 18.3. The number of aromatic amines is 1. The van der Waals surface area contributed by atoms with Gasteiger partial charge in [-0.15, -0.1) is 0 Å². The normalized spacial score (nSPS) is 11.1. The Morgan fingerprint density at radius 3 is 2.35 bits per heavy atom. The van der Waals surface area contributed by atoms with Crippen molar-refractivity contribution < 1.29 is 14.7 Å². The van der Waals surface area contributed by atoms with Gasteiger partial charge in [-0.25, -0.2) is 4.79 Å². The van der Waals surface area contributed by atoms with Gasteiger partial charge in [0.25, 0.3) is 0 Å². The van der Waals surface area contributed by atoms with Crippen LogP contribution in [0.3, 0.4) is 0 Å². The first-order valence-electron chi connectivity index (χ1n) is 8.51. The van der Waals surface area contributed by atoms with E-state index < -0.39 is 5.97 Å². The summed E-state index contributed by atoms with van der Waals surface area (Å²) in [6.07, 6.45) is 0.515. The van der Waals surface area contributed by atoms with Crippen LogP contribution < -0.4 is 0 Å². The number of ketones is 1. The van der Waals surface area contributed by atoms with E-state index >= 15 is 0 Å². The monoisotopic (exact) mass is 343 g/mol. The molecule has 1 heterocycles. The average molecular weight is 343 g/mol. The average Bonchev–Trinajstić information content (AvgIpc) is 3.05. The summed E-state index contributed by atoms with van der Waals surface area (Å²) in [5, 5.41) is 11.7. The second-order valence-corrected chi connectivity index (χ2v) is 6.22. The van der Waals surface area contributed by atoms with E-state index in [2.05, 4.69) is 4.98 Å². The number of carboxylic acids is 1. The minimum absolute atomic E-state index is 0.0837. The van der Waals surface area contributed by atoms with Crippen molar-refractivity contribution in [1.29, 1.82) is 0 Å². The van der Waals surface area contributed by atoms with E-state index in [1.807, 2.05) is 37.3 Å². The lowest BCUT2D eigenvalue weighted by molar-refractivity contribution is 0.0692. The molecule has 0 amide bonds. The molecule has 0 aliphatic carbocycles. The standard InChI is InChI=1S/C22H17NO3/c1-2-14-19(22(25)26)17(21(24)13-8-4-3-5-9-13)12-16-15-10-6-7-11-18(15)23-20(14)16/h3-12,23H,2H2,1H3,(H,25,26). The first kappa shape index (κ1) is 16.1. The molecule has 0 bridgehead atoms. The van der Waals surface area contributed by atoms with Crippen molar-refractivity contribution in [1.82, 2.24) is 4.98 Å². The third-order valence-corrected chi connectivity index (χ3v) is 4.76. The highest BCUT2D eigenvalue weighted by Gasteiger charge is 2.24. The Morgan fingerprint density at radius 2 is 1.65 bits per heavy atom. The number of aryl methyl sites for hydroxylation is 1. The van der Waals surface area contributed by atoms with Gasteiger partial charge in [0.05, 0.1) is 11.1 Å². The first-order chi connectivity index (χ1) is 12.6. The van der Waals surface area contributed by atoms with Gasteiger partial charge in [-0.3, -0.25) is 4.79 Å². The van der Waals surface area contributed by atoms with Crippen molar-refractivity contribution in [3.05, 3.63) is 82.9 Å². The summed E-state index contributed by atoms with van der Waals surface area (Å²) in [5.41, 5.74) is 3.17. The van der Waals surface area contributed by atoms with Gasteiger partial charge in [-0.05, 0) is 24.1 Å². The van der Waals surface area contributed by atoms with Gasteiger partial charge in [0.2, 0.25) is 0 Å². The summed E-state index contributed by atoms with van der Waals surface area (Å²) in [6.45, 7) is 1.91. The molecule has 26 heavy (non-hydrogen) atoms. The summed E-state index contributed by atoms with van der Waals surface area (Å²) < 4.78 is 0. The highest BCUT2D eigenvalue weighted by Crippen LogP contribution is 2.33. The van der Waals surface area contributed by atoms with Crippen molar-refractivity contribution in [3.63, 3.8) is 0 Å². The summed E-state index contributed by atoms with van der Waals surface area (Å²) in [4.78, 5) is 28.4. The van der Waals surface area contributed by atoms with Crippen LogP contribution in [0.25, 0.3) is 21.8 Å². The number of benzene rings is 3. The van der Waals surface area contributed by atoms with Crippen LogP contribution in [-0.2, 0) is 6.42 Å². The Kier molecular flexibility index (Phi) is 3.81. The number of carboxylic acid groups (broad SMARTS) is 1. The fraction of sp³-hybridized carbons (Fsp3) is 0.0909. The number of carbonyl (C=O) groups excluding carboxylic acids is 1. The molecule has 3 aromatic carbocycles. The molecule has 0 atom stereocenters. The predicted octanol–water partition coefficient (Wildman–Crippen LogP) is 4.81. The number of fused-ring (bicyclic) bond motifs is 3. The van der Waals surface area contributed by atoms with Gasteiger partial charge in [-0.1, -0.05) is 55.5 Å². The maximum Gasteiger partial charge on any atom is 0.336 e. The molecule has 4 heteroatoms. The Bertz CT molecular complexity index is 1160. The SMILES string of the molecule is CCc1c(C(=O)O)c(C(=O)c2ccccc2)cc2c1[nH]c1ccccc12. The molecule has 128 valence electrons. The van der Waals surface area contributed by atoms with Gasteiger partial charge in [-0.2, -0.15) is 0 Å².